The molecule has 21 heavy (non-hydrogen) atoms. The zero-order valence-electron chi connectivity index (χ0n) is 11.4. The Kier molecular flexibility index (Phi) is 4.06. The summed E-state index contributed by atoms with van der Waals surface area (Å²) in [5.74, 6) is 1.18. The maximum Gasteiger partial charge on any atom is 0.328 e. The molecule has 3 N–H and O–H groups in total. The number of hydrogen-bond acceptors (Lipinski definition) is 6. The Hall–Kier alpha value is -2.08. The van der Waals surface area contributed by atoms with Crippen molar-refractivity contribution in [2.24, 2.45) is 0 Å². The fraction of sp³-hybridized carbons (Fsp3) is 0.357. The first-order valence-corrected chi connectivity index (χ1v) is 7.28. The van der Waals surface area contributed by atoms with E-state index in [0.717, 1.165) is 12.8 Å². The smallest absolute Gasteiger partial charge is 0.328 e. The van der Waals surface area contributed by atoms with Gasteiger partial charge in [-0.1, -0.05) is 24.4 Å². The zero-order chi connectivity index (χ0) is 14.7. The Bertz CT molecular complexity index is 613. The minimum atomic E-state index is 0.134. The second-order valence-electron chi connectivity index (χ2n) is 4.98. The van der Waals surface area contributed by atoms with Crippen molar-refractivity contribution in [3.63, 3.8) is 0 Å². The van der Waals surface area contributed by atoms with Gasteiger partial charge in [0.15, 0.2) is 0 Å². The van der Waals surface area contributed by atoms with Crippen molar-refractivity contribution in [1.82, 2.24) is 15.0 Å². The molecule has 110 valence electrons. The van der Waals surface area contributed by atoms with Crippen LogP contribution in [-0.4, -0.2) is 21.0 Å². The van der Waals surface area contributed by atoms with E-state index in [-0.39, 0.29) is 12.0 Å². The number of nitrogens with two attached hydrogens (primary N) is 1. The van der Waals surface area contributed by atoms with Gasteiger partial charge in [-0.15, -0.1) is 0 Å². The number of benzene rings is 1. The standard InChI is InChI=1S/C14H16ClN5O/c15-9-5-7-11(8-6-9)21-14-19-12(16)18-13(20-14)17-10-3-1-2-4-10/h5-8,10H,1-4H2,(H3,16,17,18,19,20). The molecule has 1 aromatic heterocycles. The van der Waals surface area contributed by atoms with Gasteiger partial charge in [0.25, 0.3) is 0 Å². The van der Waals surface area contributed by atoms with Crippen LogP contribution >= 0.6 is 11.6 Å². The third kappa shape index (κ3) is 3.72. The second kappa shape index (κ2) is 6.13. The first kappa shape index (κ1) is 13.9. The van der Waals surface area contributed by atoms with E-state index in [1.165, 1.54) is 12.8 Å². The molecule has 1 aliphatic carbocycles. The van der Waals surface area contributed by atoms with Crippen LogP contribution in [0.15, 0.2) is 24.3 Å². The zero-order valence-corrected chi connectivity index (χ0v) is 12.2. The van der Waals surface area contributed by atoms with Crippen LogP contribution < -0.4 is 15.8 Å². The monoisotopic (exact) mass is 305 g/mol. The average Bonchev–Trinajstić information content (AvgIpc) is 2.93. The van der Waals surface area contributed by atoms with Crippen molar-refractivity contribution in [2.75, 3.05) is 11.1 Å². The van der Waals surface area contributed by atoms with Crippen molar-refractivity contribution in [1.29, 1.82) is 0 Å². The Morgan fingerprint density at radius 1 is 1.10 bits per heavy atom. The number of rotatable bonds is 4. The topological polar surface area (TPSA) is 86.0 Å². The van der Waals surface area contributed by atoms with Crippen LogP contribution in [0.1, 0.15) is 25.7 Å². The van der Waals surface area contributed by atoms with Crippen molar-refractivity contribution in [2.45, 2.75) is 31.7 Å². The van der Waals surface area contributed by atoms with E-state index in [0.29, 0.717) is 22.8 Å². The van der Waals surface area contributed by atoms with Gasteiger partial charge in [0, 0.05) is 11.1 Å². The summed E-state index contributed by atoms with van der Waals surface area (Å²) in [5.41, 5.74) is 5.71. The van der Waals surface area contributed by atoms with E-state index in [1.807, 2.05) is 0 Å². The van der Waals surface area contributed by atoms with Gasteiger partial charge in [0.2, 0.25) is 11.9 Å². The molecule has 0 atom stereocenters. The van der Waals surface area contributed by atoms with E-state index in [9.17, 15) is 0 Å². The molecule has 0 saturated heterocycles. The van der Waals surface area contributed by atoms with Gasteiger partial charge in [-0.3, -0.25) is 0 Å². The molecule has 1 aliphatic rings. The molecular weight excluding hydrogens is 290 g/mol. The summed E-state index contributed by atoms with van der Waals surface area (Å²) in [6.07, 6.45) is 4.71. The summed E-state index contributed by atoms with van der Waals surface area (Å²) >= 11 is 5.83. The highest BCUT2D eigenvalue weighted by Crippen LogP contribution is 2.24. The van der Waals surface area contributed by atoms with Crippen LogP contribution in [-0.2, 0) is 0 Å². The fourth-order valence-corrected chi connectivity index (χ4v) is 2.47. The molecule has 6 nitrogen and oxygen atoms in total. The Labute approximate surface area is 127 Å². The summed E-state index contributed by atoms with van der Waals surface area (Å²) in [7, 11) is 0. The molecular formula is C14H16ClN5O. The van der Waals surface area contributed by atoms with Gasteiger partial charge >= 0.3 is 6.01 Å². The largest absolute Gasteiger partial charge is 0.424 e. The van der Waals surface area contributed by atoms with E-state index in [2.05, 4.69) is 20.3 Å². The third-order valence-corrected chi connectivity index (χ3v) is 3.60. The normalized spacial score (nSPS) is 15.1. The molecule has 1 aromatic carbocycles. The summed E-state index contributed by atoms with van der Waals surface area (Å²) in [5, 5.41) is 3.91. The van der Waals surface area contributed by atoms with E-state index >= 15 is 0 Å². The highest BCUT2D eigenvalue weighted by atomic mass is 35.5. The lowest BCUT2D eigenvalue weighted by Crippen LogP contribution is -2.17. The molecule has 2 aromatic rings. The lowest BCUT2D eigenvalue weighted by Gasteiger charge is -2.12. The lowest BCUT2D eigenvalue weighted by atomic mass is 10.3. The highest BCUT2D eigenvalue weighted by molar-refractivity contribution is 6.30. The molecule has 1 saturated carbocycles. The van der Waals surface area contributed by atoms with E-state index in [1.54, 1.807) is 24.3 Å². The van der Waals surface area contributed by atoms with Gasteiger partial charge in [0.1, 0.15) is 5.75 Å². The Balaban J connectivity index is 1.75. The highest BCUT2D eigenvalue weighted by Gasteiger charge is 2.16. The number of halogens is 1. The molecule has 0 spiro atoms. The van der Waals surface area contributed by atoms with Gasteiger partial charge in [0.05, 0.1) is 0 Å². The van der Waals surface area contributed by atoms with E-state index < -0.39 is 0 Å². The number of nitrogens with zero attached hydrogens (tertiary/aromatic N) is 3. The molecule has 0 bridgehead atoms. The number of anilines is 2. The van der Waals surface area contributed by atoms with Crippen LogP contribution in [0.4, 0.5) is 11.9 Å². The second-order valence-corrected chi connectivity index (χ2v) is 5.42. The summed E-state index contributed by atoms with van der Waals surface area (Å²) in [4.78, 5) is 12.3. The van der Waals surface area contributed by atoms with Crippen LogP contribution in [0.25, 0.3) is 0 Å². The maximum absolute atomic E-state index is 5.83. The van der Waals surface area contributed by atoms with Crippen molar-refractivity contribution in [3.8, 4) is 11.8 Å². The molecule has 0 amide bonds. The van der Waals surface area contributed by atoms with Crippen molar-refractivity contribution in [3.05, 3.63) is 29.3 Å². The molecule has 1 fully saturated rings. The lowest BCUT2D eigenvalue weighted by molar-refractivity contribution is 0.441. The number of nitrogen functional groups attached to an aromatic ring is 1. The van der Waals surface area contributed by atoms with Crippen LogP contribution in [0.3, 0.4) is 0 Å². The molecule has 7 heteroatoms. The fourth-order valence-electron chi connectivity index (χ4n) is 2.34. The Morgan fingerprint density at radius 3 is 2.52 bits per heavy atom. The van der Waals surface area contributed by atoms with E-state index in [4.69, 9.17) is 22.1 Å². The first-order chi connectivity index (χ1) is 10.2. The molecule has 1 heterocycles. The average molecular weight is 306 g/mol. The summed E-state index contributed by atoms with van der Waals surface area (Å²) < 4.78 is 5.58. The van der Waals surface area contributed by atoms with Gasteiger partial charge in [-0.25, -0.2) is 0 Å². The van der Waals surface area contributed by atoms with Gasteiger partial charge in [-0.05, 0) is 37.1 Å². The maximum atomic E-state index is 5.83. The molecule has 0 aliphatic heterocycles. The number of aromatic nitrogens is 3. The van der Waals surface area contributed by atoms with Crippen LogP contribution in [0.5, 0.6) is 11.8 Å². The number of nitrogens with one attached hydrogen (secondary N) is 1. The third-order valence-electron chi connectivity index (χ3n) is 3.34. The molecule has 0 radical (unpaired) electrons. The number of hydrogen-bond donors (Lipinski definition) is 2. The SMILES string of the molecule is Nc1nc(NC2CCCC2)nc(Oc2ccc(Cl)cc2)n1. The number of ether oxygens (including phenoxy) is 1. The minimum Gasteiger partial charge on any atom is -0.424 e. The summed E-state index contributed by atoms with van der Waals surface area (Å²) in [6.45, 7) is 0. The molecule has 0 unspecified atom stereocenters. The minimum absolute atomic E-state index is 0.134. The first-order valence-electron chi connectivity index (χ1n) is 6.90. The summed E-state index contributed by atoms with van der Waals surface area (Å²) in [6, 6.07) is 7.53. The van der Waals surface area contributed by atoms with Gasteiger partial charge < -0.3 is 15.8 Å². The van der Waals surface area contributed by atoms with Gasteiger partial charge in [-0.2, -0.15) is 15.0 Å². The molecule has 3 rings (SSSR count). The predicted octanol–water partition coefficient (Wildman–Crippen LogP) is 3.25. The quantitative estimate of drug-likeness (QED) is 0.901. The van der Waals surface area contributed by atoms with Crippen molar-refractivity contribution >= 4 is 23.5 Å². The Morgan fingerprint density at radius 2 is 1.81 bits per heavy atom. The van der Waals surface area contributed by atoms with Crippen LogP contribution in [0.2, 0.25) is 5.02 Å². The van der Waals surface area contributed by atoms with Crippen molar-refractivity contribution < 1.29 is 4.74 Å². The predicted molar refractivity (Wildman–Crippen MR) is 81.6 cm³/mol. The van der Waals surface area contributed by atoms with Crippen LogP contribution in [0, 0.1) is 0 Å².